The zero-order chi connectivity index (χ0) is 19.7. The number of rotatable bonds is 3. The summed E-state index contributed by atoms with van der Waals surface area (Å²) < 4.78 is 1.86. The molecule has 0 radical (unpaired) electrons. The van der Waals surface area contributed by atoms with Gasteiger partial charge in [0.2, 0.25) is 0 Å². The Balaban J connectivity index is 1.90. The predicted molar refractivity (Wildman–Crippen MR) is 111 cm³/mol. The first-order valence-corrected chi connectivity index (χ1v) is 9.40. The van der Waals surface area contributed by atoms with Crippen LogP contribution < -0.4 is 10.4 Å². The highest BCUT2D eigenvalue weighted by Gasteiger charge is 2.18. The second kappa shape index (κ2) is 7.40. The van der Waals surface area contributed by atoms with Crippen LogP contribution in [0.4, 0.5) is 0 Å². The maximum Gasteiger partial charge on any atom is 0.364 e. The van der Waals surface area contributed by atoms with Crippen LogP contribution in [0, 0.1) is 6.92 Å². The van der Waals surface area contributed by atoms with Gasteiger partial charge >= 0.3 is 5.97 Å². The van der Waals surface area contributed by atoms with Gasteiger partial charge in [-0.1, -0.05) is 58.4 Å². The molecule has 1 heterocycles. The smallest absolute Gasteiger partial charge is 0.326 e. The Morgan fingerprint density at radius 1 is 0.964 bits per heavy atom. The van der Waals surface area contributed by atoms with Crippen molar-refractivity contribution >= 4 is 32.8 Å². The quantitative estimate of drug-likeness (QED) is 0.479. The molecule has 0 amide bonds. The summed E-state index contributed by atoms with van der Waals surface area (Å²) in [6.45, 7) is 1.81. The van der Waals surface area contributed by atoms with Crippen LogP contribution in [0.25, 0.3) is 22.3 Å². The van der Waals surface area contributed by atoms with Crippen molar-refractivity contribution < 1.29 is 9.63 Å². The van der Waals surface area contributed by atoms with E-state index >= 15 is 0 Å². The molecule has 0 N–H and O–H groups in total. The molecule has 0 bridgehead atoms. The molecule has 28 heavy (non-hydrogen) atoms. The molecule has 0 unspecified atom stereocenters. The Labute approximate surface area is 169 Å². The summed E-state index contributed by atoms with van der Waals surface area (Å²) in [5, 5.41) is 0.376. The zero-order valence-corrected chi connectivity index (χ0v) is 16.5. The fourth-order valence-electron chi connectivity index (χ4n) is 2.92. The SMILES string of the molecule is Cc1ccccc1C(=O)On1c(-c2ccc(Br)cc2)nc2ccccc2c1=O. The van der Waals surface area contributed by atoms with Gasteiger partial charge in [0, 0.05) is 10.0 Å². The van der Waals surface area contributed by atoms with Crippen molar-refractivity contribution in [3.8, 4) is 11.4 Å². The van der Waals surface area contributed by atoms with Gasteiger partial charge in [-0.05, 0) is 42.8 Å². The highest BCUT2D eigenvalue weighted by Crippen LogP contribution is 2.21. The van der Waals surface area contributed by atoms with Crippen LogP contribution in [0.2, 0.25) is 0 Å². The molecule has 4 aromatic rings. The molecule has 1 aromatic heterocycles. The first-order valence-electron chi connectivity index (χ1n) is 8.60. The van der Waals surface area contributed by atoms with E-state index in [4.69, 9.17) is 4.84 Å². The summed E-state index contributed by atoms with van der Waals surface area (Å²) in [4.78, 5) is 35.9. The van der Waals surface area contributed by atoms with Gasteiger partial charge in [-0.15, -0.1) is 4.73 Å². The van der Waals surface area contributed by atoms with Crippen molar-refractivity contribution in [3.63, 3.8) is 0 Å². The van der Waals surface area contributed by atoms with Crippen LogP contribution in [0.15, 0.2) is 82.1 Å². The summed E-state index contributed by atoms with van der Waals surface area (Å²) in [5.74, 6) is -0.353. The van der Waals surface area contributed by atoms with Crippen molar-refractivity contribution in [2.24, 2.45) is 0 Å². The van der Waals surface area contributed by atoms with Gasteiger partial charge in [0.05, 0.1) is 16.5 Å². The molecule has 4 rings (SSSR count). The van der Waals surface area contributed by atoms with Crippen LogP contribution in [-0.2, 0) is 0 Å². The lowest BCUT2D eigenvalue weighted by molar-refractivity contribution is 0.0449. The number of nitrogens with zero attached hydrogens (tertiary/aromatic N) is 2. The molecule has 3 aromatic carbocycles. The Morgan fingerprint density at radius 3 is 2.39 bits per heavy atom. The highest BCUT2D eigenvalue weighted by atomic mass is 79.9. The van der Waals surface area contributed by atoms with Gasteiger partial charge in [-0.3, -0.25) is 4.79 Å². The summed E-state index contributed by atoms with van der Waals surface area (Å²) >= 11 is 3.40. The van der Waals surface area contributed by atoms with Crippen molar-refractivity contribution in [2.45, 2.75) is 6.92 Å². The summed E-state index contributed by atoms with van der Waals surface area (Å²) in [6.07, 6.45) is 0. The lowest BCUT2D eigenvalue weighted by Crippen LogP contribution is -2.33. The largest absolute Gasteiger partial charge is 0.364 e. The van der Waals surface area contributed by atoms with E-state index in [9.17, 15) is 9.59 Å². The van der Waals surface area contributed by atoms with Crippen LogP contribution in [0.1, 0.15) is 15.9 Å². The molecule has 0 atom stereocenters. The third-order valence-corrected chi connectivity index (χ3v) is 4.91. The number of hydrogen-bond acceptors (Lipinski definition) is 4. The standard InChI is InChI=1S/C22H15BrN2O3/c1-14-6-2-3-7-17(14)22(27)28-25-20(15-10-12-16(23)13-11-15)24-19-9-5-4-8-18(19)21(25)26/h2-13H,1H3. The Bertz CT molecular complexity index is 1250. The maximum atomic E-state index is 13.1. The molecule has 0 aliphatic rings. The van der Waals surface area contributed by atoms with E-state index in [2.05, 4.69) is 20.9 Å². The van der Waals surface area contributed by atoms with Crippen molar-refractivity contribution in [2.75, 3.05) is 0 Å². The number of carbonyl (C=O) groups excluding carboxylic acids is 1. The lowest BCUT2D eigenvalue weighted by atomic mass is 10.1. The van der Waals surface area contributed by atoms with E-state index in [1.807, 2.05) is 37.3 Å². The molecule has 5 nitrogen and oxygen atoms in total. The molecular weight excluding hydrogens is 420 g/mol. The van der Waals surface area contributed by atoms with Gasteiger partial charge in [0.1, 0.15) is 0 Å². The molecule has 0 aliphatic carbocycles. The predicted octanol–water partition coefficient (Wildman–Crippen LogP) is 4.40. The number of fused-ring (bicyclic) bond motifs is 1. The third-order valence-electron chi connectivity index (χ3n) is 4.38. The second-order valence-corrected chi connectivity index (χ2v) is 7.17. The number of benzene rings is 3. The fraction of sp³-hybridized carbons (Fsp3) is 0.0455. The van der Waals surface area contributed by atoms with E-state index in [0.717, 1.165) is 14.8 Å². The average molecular weight is 435 g/mol. The minimum Gasteiger partial charge on any atom is -0.326 e. The van der Waals surface area contributed by atoms with Crippen molar-refractivity contribution in [1.82, 2.24) is 9.71 Å². The molecule has 0 fully saturated rings. The molecular formula is C22H15BrN2O3. The summed E-state index contributed by atoms with van der Waals surface area (Å²) in [7, 11) is 0. The van der Waals surface area contributed by atoms with Gasteiger partial charge < -0.3 is 4.84 Å². The van der Waals surface area contributed by atoms with Gasteiger partial charge in [-0.25, -0.2) is 9.78 Å². The number of aryl methyl sites for hydroxylation is 1. The molecule has 0 aliphatic heterocycles. The second-order valence-electron chi connectivity index (χ2n) is 6.25. The minimum atomic E-state index is -0.615. The van der Waals surface area contributed by atoms with Gasteiger partial charge in [0.15, 0.2) is 5.82 Å². The fourth-order valence-corrected chi connectivity index (χ4v) is 3.18. The zero-order valence-electron chi connectivity index (χ0n) is 14.9. The Kier molecular flexibility index (Phi) is 4.79. The molecule has 0 spiro atoms. The molecule has 6 heteroatoms. The number of para-hydroxylation sites is 1. The van der Waals surface area contributed by atoms with E-state index < -0.39 is 11.5 Å². The van der Waals surface area contributed by atoms with Crippen molar-refractivity contribution in [3.05, 3.63) is 98.7 Å². The first kappa shape index (κ1) is 18.1. The van der Waals surface area contributed by atoms with E-state index in [0.29, 0.717) is 22.0 Å². The van der Waals surface area contributed by atoms with E-state index in [1.165, 1.54) is 0 Å². The van der Waals surface area contributed by atoms with Gasteiger partial charge in [-0.2, -0.15) is 0 Å². The molecule has 138 valence electrons. The highest BCUT2D eigenvalue weighted by molar-refractivity contribution is 9.10. The average Bonchev–Trinajstić information content (AvgIpc) is 2.71. The topological polar surface area (TPSA) is 61.2 Å². The van der Waals surface area contributed by atoms with E-state index in [1.54, 1.807) is 42.5 Å². The van der Waals surface area contributed by atoms with Crippen LogP contribution in [0.3, 0.4) is 0 Å². The summed E-state index contributed by atoms with van der Waals surface area (Å²) in [5.41, 5.74) is 1.91. The third kappa shape index (κ3) is 3.34. The monoisotopic (exact) mass is 434 g/mol. The normalized spacial score (nSPS) is 10.8. The molecule has 0 saturated carbocycles. The van der Waals surface area contributed by atoms with Gasteiger partial charge in [0.25, 0.3) is 5.56 Å². The molecule has 0 saturated heterocycles. The number of aromatic nitrogens is 2. The summed E-state index contributed by atoms with van der Waals surface area (Å²) in [6, 6.07) is 21.3. The first-order chi connectivity index (χ1) is 13.5. The van der Waals surface area contributed by atoms with Crippen LogP contribution in [0.5, 0.6) is 0 Å². The number of hydrogen-bond donors (Lipinski definition) is 0. The van der Waals surface area contributed by atoms with Crippen LogP contribution in [-0.4, -0.2) is 15.7 Å². The Morgan fingerprint density at radius 2 is 1.64 bits per heavy atom. The lowest BCUT2D eigenvalue weighted by Gasteiger charge is -2.13. The maximum absolute atomic E-state index is 13.1. The minimum absolute atomic E-state index is 0.262. The van der Waals surface area contributed by atoms with E-state index in [-0.39, 0.29) is 5.82 Å². The Hall–Kier alpha value is -3.25. The number of halogens is 1. The van der Waals surface area contributed by atoms with Crippen LogP contribution >= 0.6 is 15.9 Å². The number of carbonyl (C=O) groups is 1. The van der Waals surface area contributed by atoms with Crippen molar-refractivity contribution in [1.29, 1.82) is 0 Å².